The number of likely N-dealkylation sites (tertiary alicyclic amines) is 1. The third kappa shape index (κ3) is 2.70. The van der Waals surface area contributed by atoms with Crippen molar-refractivity contribution < 1.29 is 22.1 Å². The SMILES string of the molecule is CN1CC(c2nc(-c3ccccc3F)no2)C(C(F)(F)F)C1. The molecule has 8 heteroatoms. The first-order valence-electron chi connectivity index (χ1n) is 6.70. The van der Waals surface area contributed by atoms with Crippen LogP contribution in [-0.4, -0.2) is 41.4 Å². The van der Waals surface area contributed by atoms with Gasteiger partial charge in [-0.15, -0.1) is 0 Å². The lowest BCUT2D eigenvalue weighted by molar-refractivity contribution is -0.175. The summed E-state index contributed by atoms with van der Waals surface area (Å²) >= 11 is 0. The zero-order valence-electron chi connectivity index (χ0n) is 11.6. The van der Waals surface area contributed by atoms with Crippen molar-refractivity contribution in [3.05, 3.63) is 36.0 Å². The molecule has 1 aromatic carbocycles. The molecule has 22 heavy (non-hydrogen) atoms. The molecule has 2 atom stereocenters. The van der Waals surface area contributed by atoms with Crippen LogP contribution in [0, 0.1) is 11.7 Å². The van der Waals surface area contributed by atoms with E-state index in [1.54, 1.807) is 18.0 Å². The van der Waals surface area contributed by atoms with Crippen LogP contribution in [0.15, 0.2) is 28.8 Å². The van der Waals surface area contributed by atoms with Crippen LogP contribution in [0.4, 0.5) is 17.6 Å². The van der Waals surface area contributed by atoms with Crippen LogP contribution in [0.5, 0.6) is 0 Å². The average Bonchev–Trinajstić information content (AvgIpc) is 3.05. The quantitative estimate of drug-likeness (QED) is 0.799. The van der Waals surface area contributed by atoms with Gasteiger partial charge in [0.1, 0.15) is 5.82 Å². The maximum atomic E-state index is 13.7. The number of halogens is 4. The number of benzene rings is 1. The predicted octanol–water partition coefficient (Wildman–Crippen LogP) is 3.08. The fraction of sp³-hybridized carbons (Fsp3) is 0.429. The summed E-state index contributed by atoms with van der Waals surface area (Å²) in [5.74, 6) is -3.19. The average molecular weight is 315 g/mol. The van der Waals surface area contributed by atoms with Crippen molar-refractivity contribution >= 4 is 0 Å². The second-order valence-corrected chi connectivity index (χ2v) is 5.41. The first-order valence-corrected chi connectivity index (χ1v) is 6.70. The molecule has 0 saturated carbocycles. The number of hydrogen-bond acceptors (Lipinski definition) is 4. The monoisotopic (exact) mass is 315 g/mol. The van der Waals surface area contributed by atoms with Crippen LogP contribution in [0.1, 0.15) is 11.8 Å². The molecule has 0 bridgehead atoms. The number of aromatic nitrogens is 2. The molecule has 0 spiro atoms. The first-order chi connectivity index (χ1) is 10.4. The van der Waals surface area contributed by atoms with E-state index in [2.05, 4.69) is 10.1 Å². The maximum absolute atomic E-state index is 13.7. The second kappa shape index (κ2) is 5.35. The Balaban J connectivity index is 1.92. The Kier molecular flexibility index (Phi) is 3.64. The topological polar surface area (TPSA) is 42.2 Å². The van der Waals surface area contributed by atoms with Crippen molar-refractivity contribution in [2.45, 2.75) is 12.1 Å². The Morgan fingerprint density at radius 3 is 2.64 bits per heavy atom. The van der Waals surface area contributed by atoms with E-state index in [-0.39, 0.29) is 30.4 Å². The summed E-state index contributed by atoms with van der Waals surface area (Å²) in [6.07, 6.45) is -4.35. The molecule has 2 aromatic rings. The third-order valence-corrected chi connectivity index (χ3v) is 3.80. The Labute approximate surface area is 123 Å². The number of nitrogens with zero attached hydrogens (tertiary/aromatic N) is 3. The van der Waals surface area contributed by atoms with Gasteiger partial charge < -0.3 is 9.42 Å². The molecule has 2 heterocycles. The summed E-state index contributed by atoms with van der Waals surface area (Å²) < 4.78 is 57.9. The van der Waals surface area contributed by atoms with E-state index in [1.165, 1.54) is 18.2 Å². The highest BCUT2D eigenvalue weighted by Gasteiger charge is 2.51. The van der Waals surface area contributed by atoms with Crippen LogP contribution in [0.3, 0.4) is 0 Å². The van der Waals surface area contributed by atoms with Crippen LogP contribution < -0.4 is 0 Å². The molecule has 1 aliphatic rings. The Morgan fingerprint density at radius 2 is 1.95 bits per heavy atom. The molecule has 0 aliphatic carbocycles. The van der Waals surface area contributed by atoms with E-state index in [4.69, 9.17) is 4.52 Å². The smallest absolute Gasteiger partial charge is 0.339 e. The van der Waals surface area contributed by atoms with Gasteiger partial charge in [-0.3, -0.25) is 0 Å². The van der Waals surface area contributed by atoms with Gasteiger partial charge in [-0.25, -0.2) is 4.39 Å². The van der Waals surface area contributed by atoms with Crippen LogP contribution in [0.25, 0.3) is 11.4 Å². The van der Waals surface area contributed by atoms with E-state index in [0.29, 0.717) is 0 Å². The molecule has 1 aromatic heterocycles. The van der Waals surface area contributed by atoms with Crippen LogP contribution in [0.2, 0.25) is 0 Å². The van der Waals surface area contributed by atoms with Gasteiger partial charge in [-0.05, 0) is 19.2 Å². The summed E-state index contributed by atoms with van der Waals surface area (Å²) in [6, 6.07) is 5.78. The van der Waals surface area contributed by atoms with Crippen LogP contribution >= 0.6 is 0 Å². The zero-order chi connectivity index (χ0) is 15.9. The molecule has 118 valence electrons. The fourth-order valence-corrected chi connectivity index (χ4v) is 2.72. The molecule has 2 unspecified atom stereocenters. The molecule has 1 saturated heterocycles. The minimum atomic E-state index is -4.35. The number of alkyl halides is 3. The van der Waals surface area contributed by atoms with Crippen molar-refractivity contribution in [1.29, 1.82) is 0 Å². The van der Waals surface area contributed by atoms with Crippen LogP contribution in [-0.2, 0) is 0 Å². The molecule has 0 N–H and O–H groups in total. The highest BCUT2D eigenvalue weighted by molar-refractivity contribution is 5.54. The van der Waals surface area contributed by atoms with Crippen molar-refractivity contribution in [1.82, 2.24) is 15.0 Å². The van der Waals surface area contributed by atoms with E-state index >= 15 is 0 Å². The minimum absolute atomic E-state index is 0.0384. The second-order valence-electron chi connectivity index (χ2n) is 5.41. The third-order valence-electron chi connectivity index (χ3n) is 3.80. The number of likely N-dealkylation sites (N-methyl/N-ethyl adjacent to an activating group) is 1. The molecule has 4 nitrogen and oxygen atoms in total. The Hall–Kier alpha value is -1.96. The summed E-state index contributed by atoms with van der Waals surface area (Å²) in [5.41, 5.74) is 0.104. The van der Waals surface area contributed by atoms with Crippen molar-refractivity contribution in [3.8, 4) is 11.4 Å². The van der Waals surface area contributed by atoms with E-state index in [0.717, 1.165) is 0 Å². The predicted molar refractivity (Wildman–Crippen MR) is 69.5 cm³/mol. The molecule has 0 radical (unpaired) electrons. The lowest BCUT2D eigenvalue weighted by Crippen LogP contribution is -2.29. The largest absolute Gasteiger partial charge is 0.393 e. The standard InChI is InChI=1S/C14H13F4N3O/c1-21-6-9(10(7-21)14(16,17)18)13-19-12(20-22-13)8-4-2-3-5-11(8)15/h2-5,9-10H,6-7H2,1H3. The molecule has 0 amide bonds. The number of hydrogen-bond donors (Lipinski definition) is 0. The molecule has 1 fully saturated rings. The first kappa shape index (κ1) is 15.0. The summed E-state index contributed by atoms with van der Waals surface area (Å²) in [7, 11) is 1.60. The lowest BCUT2D eigenvalue weighted by Gasteiger charge is -2.18. The summed E-state index contributed by atoms with van der Waals surface area (Å²) in [6.45, 7) is 0.0503. The van der Waals surface area contributed by atoms with Gasteiger partial charge in [0, 0.05) is 13.1 Å². The van der Waals surface area contributed by atoms with E-state index < -0.39 is 23.8 Å². The van der Waals surface area contributed by atoms with E-state index in [1.807, 2.05) is 0 Å². The fourth-order valence-electron chi connectivity index (χ4n) is 2.72. The zero-order valence-corrected chi connectivity index (χ0v) is 11.6. The van der Waals surface area contributed by atoms with Gasteiger partial charge in [0.15, 0.2) is 0 Å². The lowest BCUT2D eigenvalue weighted by atomic mass is 9.95. The van der Waals surface area contributed by atoms with Crippen molar-refractivity contribution in [3.63, 3.8) is 0 Å². The van der Waals surface area contributed by atoms with Gasteiger partial charge in [0.05, 0.1) is 17.4 Å². The summed E-state index contributed by atoms with van der Waals surface area (Å²) in [5, 5.41) is 3.62. The number of rotatable bonds is 2. The highest BCUT2D eigenvalue weighted by Crippen LogP contribution is 2.42. The van der Waals surface area contributed by atoms with Gasteiger partial charge in [-0.1, -0.05) is 17.3 Å². The highest BCUT2D eigenvalue weighted by atomic mass is 19.4. The van der Waals surface area contributed by atoms with Gasteiger partial charge in [-0.2, -0.15) is 18.2 Å². The Morgan fingerprint density at radius 1 is 1.23 bits per heavy atom. The molecule has 3 rings (SSSR count). The van der Waals surface area contributed by atoms with E-state index in [9.17, 15) is 17.6 Å². The molecule has 1 aliphatic heterocycles. The molecular formula is C14H13F4N3O. The van der Waals surface area contributed by atoms with Gasteiger partial charge in [0.2, 0.25) is 11.7 Å². The van der Waals surface area contributed by atoms with Crippen molar-refractivity contribution in [2.75, 3.05) is 20.1 Å². The minimum Gasteiger partial charge on any atom is -0.339 e. The molecular weight excluding hydrogens is 302 g/mol. The van der Waals surface area contributed by atoms with Gasteiger partial charge >= 0.3 is 6.18 Å². The summed E-state index contributed by atoms with van der Waals surface area (Å²) in [4.78, 5) is 5.54. The normalized spacial score (nSPS) is 23.1. The Bertz CT molecular complexity index is 670. The maximum Gasteiger partial charge on any atom is 0.393 e. The van der Waals surface area contributed by atoms with Gasteiger partial charge in [0.25, 0.3) is 0 Å². The van der Waals surface area contributed by atoms with Crippen molar-refractivity contribution in [2.24, 2.45) is 5.92 Å².